The van der Waals surface area contributed by atoms with E-state index in [2.05, 4.69) is 31.4 Å². The summed E-state index contributed by atoms with van der Waals surface area (Å²) in [6.07, 6.45) is 42.0. The van der Waals surface area contributed by atoms with E-state index in [-0.39, 0.29) is 17.9 Å². The van der Waals surface area contributed by atoms with Crippen molar-refractivity contribution < 1.29 is 9.59 Å². The molecule has 262 valence electrons. The molecule has 0 aromatic rings. The quantitative estimate of drug-likeness (QED) is 0.0685. The van der Waals surface area contributed by atoms with Crippen LogP contribution in [0.2, 0.25) is 0 Å². The number of amides is 2. The minimum Gasteiger partial charge on any atom is -0.356 e. The van der Waals surface area contributed by atoms with Crippen molar-refractivity contribution in [1.82, 2.24) is 10.6 Å². The third-order valence-electron chi connectivity index (χ3n) is 9.31. The Morgan fingerprint density at radius 2 is 0.727 bits per heavy atom. The maximum Gasteiger partial charge on any atom is 0.220 e. The Balaban J connectivity index is 3.36. The SMILES string of the molecule is CCCCCCCCCCCCCCCCCC(=O)N[C@H](C)CCCCNC(=O)CCCCCCCCCCCCCCC. The smallest absolute Gasteiger partial charge is 0.220 e. The summed E-state index contributed by atoms with van der Waals surface area (Å²) < 4.78 is 0. The van der Waals surface area contributed by atoms with E-state index in [4.69, 9.17) is 0 Å². The molecule has 0 aromatic heterocycles. The van der Waals surface area contributed by atoms with Gasteiger partial charge in [0, 0.05) is 25.4 Å². The third kappa shape index (κ3) is 35.4. The lowest BCUT2D eigenvalue weighted by Gasteiger charge is -2.14. The molecular weight excluding hydrogens is 540 g/mol. The maximum absolute atomic E-state index is 12.3. The molecule has 0 heterocycles. The van der Waals surface area contributed by atoms with Gasteiger partial charge in [-0.1, -0.05) is 181 Å². The third-order valence-corrected chi connectivity index (χ3v) is 9.31. The fourth-order valence-electron chi connectivity index (χ4n) is 6.27. The second-order valence-electron chi connectivity index (χ2n) is 14.0. The summed E-state index contributed by atoms with van der Waals surface area (Å²) in [5.41, 5.74) is 0. The van der Waals surface area contributed by atoms with Crippen LogP contribution in [0.15, 0.2) is 0 Å². The maximum atomic E-state index is 12.3. The van der Waals surface area contributed by atoms with E-state index in [0.29, 0.717) is 12.8 Å². The van der Waals surface area contributed by atoms with Gasteiger partial charge in [0.15, 0.2) is 0 Å². The highest BCUT2D eigenvalue weighted by Gasteiger charge is 2.07. The zero-order valence-corrected chi connectivity index (χ0v) is 30.4. The first kappa shape index (κ1) is 42.9. The van der Waals surface area contributed by atoms with Crippen molar-refractivity contribution in [2.75, 3.05) is 6.54 Å². The predicted octanol–water partition coefficient (Wildman–Crippen LogP) is 12.5. The van der Waals surface area contributed by atoms with Gasteiger partial charge in [-0.25, -0.2) is 0 Å². The molecule has 2 N–H and O–H groups in total. The molecule has 0 spiro atoms. The van der Waals surface area contributed by atoms with E-state index in [1.54, 1.807) is 0 Å². The van der Waals surface area contributed by atoms with E-state index >= 15 is 0 Å². The van der Waals surface area contributed by atoms with Gasteiger partial charge < -0.3 is 10.6 Å². The number of carbonyl (C=O) groups is 2. The molecule has 0 aromatic carbocycles. The molecule has 0 bridgehead atoms. The van der Waals surface area contributed by atoms with Crippen molar-refractivity contribution in [3.8, 4) is 0 Å². The standard InChI is InChI=1S/C40H80N2O2/c1-4-6-8-10-12-14-16-18-19-21-23-25-27-29-31-36-40(44)42-38(3)34-32-33-37-41-39(43)35-30-28-26-24-22-20-17-15-13-11-9-7-5-2/h38H,4-37H2,1-3H3,(H,41,43)(H,42,44)/t38-/m1/s1. The zero-order valence-electron chi connectivity index (χ0n) is 30.4. The molecule has 1 atom stereocenters. The van der Waals surface area contributed by atoms with Crippen LogP contribution in [-0.4, -0.2) is 24.4 Å². The van der Waals surface area contributed by atoms with Crippen molar-refractivity contribution in [1.29, 1.82) is 0 Å². The number of hydrogen-bond donors (Lipinski definition) is 2. The fourth-order valence-corrected chi connectivity index (χ4v) is 6.27. The van der Waals surface area contributed by atoms with Crippen molar-refractivity contribution in [3.63, 3.8) is 0 Å². The highest BCUT2D eigenvalue weighted by molar-refractivity contribution is 5.76. The lowest BCUT2D eigenvalue weighted by molar-refractivity contribution is -0.122. The molecule has 0 fully saturated rings. The van der Waals surface area contributed by atoms with Crippen LogP contribution in [0.25, 0.3) is 0 Å². The predicted molar refractivity (Wildman–Crippen MR) is 194 cm³/mol. The average molecular weight is 621 g/mol. The molecule has 0 rings (SSSR count). The summed E-state index contributed by atoms with van der Waals surface area (Å²) in [6.45, 7) is 7.43. The summed E-state index contributed by atoms with van der Waals surface area (Å²) in [5.74, 6) is 0.413. The average Bonchev–Trinajstić information content (AvgIpc) is 3.01. The molecule has 0 aliphatic carbocycles. The van der Waals surface area contributed by atoms with E-state index in [9.17, 15) is 9.59 Å². The first-order valence-electron chi connectivity index (χ1n) is 20.2. The number of unbranched alkanes of at least 4 members (excludes halogenated alkanes) is 27. The second kappa shape index (κ2) is 36.4. The van der Waals surface area contributed by atoms with Crippen molar-refractivity contribution in [3.05, 3.63) is 0 Å². The van der Waals surface area contributed by atoms with Crippen molar-refractivity contribution in [2.45, 2.75) is 239 Å². The number of nitrogens with one attached hydrogen (secondary N) is 2. The molecule has 0 unspecified atom stereocenters. The molecule has 0 aliphatic rings. The van der Waals surface area contributed by atoms with Gasteiger partial charge in [0.25, 0.3) is 0 Å². The van der Waals surface area contributed by atoms with Crippen LogP contribution in [0.3, 0.4) is 0 Å². The monoisotopic (exact) mass is 621 g/mol. The normalized spacial score (nSPS) is 12.0. The van der Waals surface area contributed by atoms with Gasteiger partial charge in [-0.15, -0.1) is 0 Å². The minimum atomic E-state index is 0.206. The molecule has 44 heavy (non-hydrogen) atoms. The first-order chi connectivity index (χ1) is 21.6. The van der Waals surface area contributed by atoms with Crippen LogP contribution in [0.5, 0.6) is 0 Å². The summed E-state index contributed by atoms with van der Waals surface area (Å²) in [4.78, 5) is 24.4. The minimum absolute atomic E-state index is 0.206. The fraction of sp³-hybridized carbons (Fsp3) is 0.950. The van der Waals surface area contributed by atoms with Gasteiger partial charge in [-0.3, -0.25) is 9.59 Å². The van der Waals surface area contributed by atoms with Gasteiger partial charge in [0.2, 0.25) is 11.8 Å². The second-order valence-corrected chi connectivity index (χ2v) is 14.0. The molecular formula is C40H80N2O2. The Morgan fingerprint density at radius 3 is 1.09 bits per heavy atom. The van der Waals surface area contributed by atoms with Gasteiger partial charge >= 0.3 is 0 Å². The lowest BCUT2D eigenvalue weighted by atomic mass is 10.0. The molecule has 2 amide bonds. The van der Waals surface area contributed by atoms with Crippen molar-refractivity contribution >= 4 is 11.8 Å². The number of carbonyl (C=O) groups excluding carboxylic acids is 2. The van der Waals surface area contributed by atoms with Gasteiger partial charge in [-0.05, 0) is 39.0 Å². The Morgan fingerprint density at radius 1 is 0.409 bits per heavy atom. The molecule has 0 radical (unpaired) electrons. The molecule has 4 heteroatoms. The zero-order chi connectivity index (χ0) is 32.2. The van der Waals surface area contributed by atoms with Crippen LogP contribution in [0, 0.1) is 0 Å². The lowest BCUT2D eigenvalue weighted by Crippen LogP contribution is -2.32. The van der Waals surface area contributed by atoms with Crippen LogP contribution in [0.1, 0.15) is 233 Å². The highest BCUT2D eigenvalue weighted by atomic mass is 16.2. The van der Waals surface area contributed by atoms with Gasteiger partial charge in [0.05, 0.1) is 0 Å². The number of rotatable bonds is 36. The Kier molecular flexibility index (Phi) is 35.5. The summed E-state index contributed by atoms with van der Waals surface area (Å²) in [5, 5.41) is 6.26. The van der Waals surface area contributed by atoms with Crippen LogP contribution < -0.4 is 10.6 Å². The first-order valence-corrected chi connectivity index (χ1v) is 20.2. The Labute approximate surface area is 276 Å². The van der Waals surface area contributed by atoms with Crippen LogP contribution in [0.4, 0.5) is 0 Å². The Hall–Kier alpha value is -1.06. The van der Waals surface area contributed by atoms with E-state index in [0.717, 1.165) is 38.6 Å². The number of hydrogen-bond acceptors (Lipinski definition) is 2. The topological polar surface area (TPSA) is 58.2 Å². The van der Waals surface area contributed by atoms with Gasteiger partial charge in [0.1, 0.15) is 0 Å². The highest BCUT2D eigenvalue weighted by Crippen LogP contribution is 2.15. The molecule has 4 nitrogen and oxygen atoms in total. The summed E-state index contributed by atoms with van der Waals surface area (Å²) in [6, 6.07) is 0.223. The van der Waals surface area contributed by atoms with Gasteiger partial charge in [-0.2, -0.15) is 0 Å². The molecule has 0 aliphatic heterocycles. The van der Waals surface area contributed by atoms with Crippen LogP contribution >= 0.6 is 0 Å². The summed E-state index contributed by atoms with van der Waals surface area (Å²) >= 11 is 0. The van der Waals surface area contributed by atoms with E-state index < -0.39 is 0 Å². The largest absolute Gasteiger partial charge is 0.356 e. The summed E-state index contributed by atoms with van der Waals surface area (Å²) in [7, 11) is 0. The molecule has 0 saturated carbocycles. The van der Waals surface area contributed by atoms with Crippen LogP contribution in [-0.2, 0) is 9.59 Å². The van der Waals surface area contributed by atoms with Crippen molar-refractivity contribution in [2.24, 2.45) is 0 Å². The van der Waals surface area contributed by atoms with E-state index in [1.807, 2.05) is 0 Å². The van der Waals surface area contributed by atoms with E-state index in [1.165, 1.54) is 167 Å². The molecule has 0 saturated heterocycles. The Bertz CT molecular complexity index is 594.